The van der Waals surface area contributed by atoms with E-state index in [9.17, 15) is 9.59 Å². The second-order valence-electron chi connectivity index (χ2n) is 7.61. The van der Waals surface area contributed by atoms with E-state index in [0.717, 1.165) is 30.0 Å². The minimum atomic E-state index is -0.383. The van der Waals surface area contributed by atoms with Crippen molar-refractivity contribution in [1.29, 1.82) is 0 Å². The number of likely N-dealkylation sites (N-methyl/N-ethyl adjacent to an activating group) is 2. The molecule has 0 fully saturated rings. The average molecular weight is 409 g/mol. The Hall–Kier alpha value is -3.22. The number of fused-ring (bicyclic) bond motifs is 2. The highest BCUT2D eigenvalue weighted by Gasteiger charge is 2.26. The number of anilines is 1. The zero-order valence-electron chi connectivity index (χ0n) is 17.4. The van der Waals surface area contributed by atoms with Crippen LogP contribution in [0.4, 0.5) is 5.69 Å². The van der Waals surface area contributed by atoms with Crippen LogP contribution in [0.1, 0.15) is 19.8 Å². The van der Waals surface area contributed by atoms with E-state index in [1.165, 1.54) is 0 Å². The van der Waals surface area contributed by atoms with Crippen molar-refractivity contribution in [2.24, 2.45) is 0 Å². The van der Waals surface area contributed by atoms with Crippen molar-refractivity contribution in [3.63, 3.8) is 0 Å². The van der Waals surface area contributed by atoms with E-state index in [0.29, 0.717) is 31.5 Å². The van der Waals surface area contributed by atoms with E-state index in [1.807, 2.05) is 43.4 Å². The molecule has 1 aliphatic rings. The molecule has 0 spiro atoms. The molecule has 0 saturated heterocycles. The Morgan fingerprint density at radius 3 is 2.77 bits per heavy atom. The van der Waals surface area contributed by atoms with Crippen LogP contribution < -0.4 is 15.4 Å². The van der Waals surface area contributed by atoms with E-state index in [2.05, 4.69) is 17.9 Å². The van der Waals surface area contributed by atoms with Gasteiger partial charge in [-0.25, -0.2) is 4.79 Å². The Morgan fingerprint density at radius 1 is 1.17 bits per heavy atom. The number of carbonyl (C=O) groups excluding carboxylic acids is 1. The van der Waals surface area contributed by atoms with Gasteiger partial charge in [-0.3, -0.25) is 9.36 Å². The molecule has 7 heteroatoms. The molecule has 3 aromatic rings. The molecule has 7 nitrogen and oxygen atoms in total. The Labute approximate surface area is 175 Å². The molecule has 0 N–H and O–H groups in total. The highest BCUT2D eigenvalue weighted by molar-refractivity contribution is 5.76. The van der Waals surface area contributed by atoms with Crippen LogP contribution in [0.5, 0.6) is 5.75 Å². The number of nitrogens with zero attached hydrogens (tertiary/aromatic N) is 3. The third-order valence-electron chi connectivity index (χ3n) is 5.55. The molecule has 0 saturated carbocycles. The molecule has 4 rings (SSSR count). The van der Waals surface area contributed by atoms with Gasteiger partial charge in [0.2, 0.25) is 5.91 Å². The van der Waals surface area contributed by atoms with Gasteiger partial charge in [0.05, 0.1) is 24.3 Å². The first-order valence-corrected chi connectivity index (χ1v) is 10.4. The minimum Gasteiger partial charge on any atom is -0.485 e. The number of ether oxygens (including phenoxy) is 1. The average Bonchev–Trinajstić information content (AvgIpc) is 3.08. The monoisotopic (exact) mass is 409 g/mol. The van der Waals surface area contributed by atoms with Gasteiger partial charge in [0.25, 0.3) is 0 Å². The molecule has 2 heterocycles. The Kier molecular flexibility index (Phi) is 5.79. The van der Waals surface area contributed by atoms with Gasteiger partial charge in [-0.05, 0) is 37.6 Å². The molecular formula is C23H27N3O4. The highest BCUT2D eigenvalue weighted by Crippen LogP contribution is 2.32. The number of carbonyl (C=O) groups is 1. The molecule has 0 aliphatic carbocycles. The molecule has 0 bridgehead atoms. The van der Waals surface area contributed by atoms with Crippen molar-refractivity contribution in [3.05, 3.63) is 59.1 Å². The predicted octanol–water partition coefficient (Wildman–Crippen LogP) is 3.12. The summed E-state index contributed by atoms with van der Waals surface area (Å²) in [6.45, 7) is 4.74. The molecule has 30 heavy (non-hydrogen) atoms. The lowest BCUT2D eigenvalue weighted by atomic mass is 10.1. The van der Waals surface area contributed by atoms with Crippen LogP contribution in [0.2, 0.25) is 0 Å². The lowest BCUT2D eigenvalue weighted by Crippen LogP contribution is -2.46. The smallest absolute Gasteiger partial charge is 0.419 e. The van der Waals surface area contributed by atoms with Crippen molar-refractivity contribution in [3.8, 4) is 5.75 Å². The SMILES string of the molecule is CCN1C[C@@H](CN(C)C(=O)CCCn2c(=O)oc3ccccc32)Oc2ccccc21. The van der Waals surface area contributed by atoms with Gasteiger partial charge >= 0.3 is 5.76 Å². The third-order valence-corrected chi connectivity index (χ3v) is 5.55. The third kappa shape index (κ3) is 4.06. The predicted molar refractivity (Wildman–Crippen MR) is 116 cm³/mol. The number of amides is 1. The standard InChI is InChI=1S/C23H27N3O4/c1-3-25-16-17(29-20-11-6-4-9-18(20)25)15-24(2)22(27)13-8-14-26-19-10-5-7-12-21(19)30-23(26)28/h4-7,9-12,17H,3,8,13-16H2,1-2H3/t17-/m1/s1. The van der Waals surface area contributed by atoms with Crippen LogP contribution in [0, 0.1) is 0 Å². The number of para-hydroxylation sites is 4. The van der Waals surface area contributed by atoms with E-state index in [4.69, 9.17) is 9.15 Å². The van der Waals surface area contributed by atoms with Crippen LogP contribution in [0.3, 0.4) is 0 Å². The summed E-state index contributed by atoms with van der Waals surface area (Å²) in [6, 6.07) is 15.3. The Morgan fingerprint density at radius 2 is 1.93 bits per heavy atom. The topological polar surface area (TPSA) is 67.9 Å². The normalized spacial score (nSPS) is 15.7. The number of aromatic nitrogens is 1. The maximum atomic E-state index is 12.6. The number of hydrogen-bond acceptors (Lipinski definition) is 5. The molecule has 0 unspecified atom stereocenters. The van der Waals surface area contributed by atoms with Gasteiger partial charge in [0.1, 0.15) is 11.9 Å². The number of aryl methyl sites for hydroxylation is 1. The summed E-state index contributed by atoms with van der Waals surface area (Å²) in [6.07, 6.45) is 0.861. The first-order chi connectivity index (χ1) is 14.6. The highest BCUT2D eigenvalue weighted by atomic mass is 16.5. The number of hydrogen-bond donors (Lipinski definition) is 0. The van der Waals surface area contributed by atoms with Gasteiger partial charge in [-0.1, -0.05) is 24.3 Å². The van der Waals surface area contributed by atoms with Crippen molar-refractivity contribution >= 4 is 22.7 Å². The zero-order chi connectivity index (χ0) is 21.1. The van der Waals surface area contributed by atoms with Gasteiger partial charge < -0.3 is 19.0 Å². The number of rotatable bonds is 7. The number of oxazole rings is 1. The maximum Gasteiger partial charge on any atom is 0.419 e. The summed E-state index contributed by atoms with van der Waals surface area (Å²) in [4.78, 5) is 28.7. The quantitative estimate of drug-likeness (QED) is 0.600. The lowest BCUT2D eigenvalue weighted by molar-refractivity contribution is -0.131. The summed E-state index contributed by atoms with van der Waals surface area (Å²) in [5.74, 6) is 0.523. The lowest BCUT2D eigenvalue weighted by Gasteiger charge is -2.37. The first-order valence-electron chi connectivity index (χ1n) is 10.4. The van der Waals surface area contributed by atoms with Crippen LogP contribution in [0.15, 0.2) is 57.7 Å². The molecule has 0 radical (unpaired) electrons. The van der Waals surface area contributed by atoms with Crippen molar-refractivity contribution in [2.45, 2.75) is 32.4 Å². The van der Waals surface area contributed by atoms with Crippen LogP contribution in [0.25, 0.3) is 11.1 Å². The maximum absolute atomic E-state index is 12.6. The second kappa shape index (κ2) is 8.65. The van der Waals surface area contributed by atoms with E-state index in [1.54, 1.807) is 15.5 Å². The summed E-state index contributed by atoms with van der Waals surface area (Å²) in [5.41, 5.74) is 2.43. The zero-order valence-corrected chi connectivity index (χ0v) is 17.4. The second-order valence-corrected chi connectivity index (χ2v) is 7.61. The van der Waals surface area contributed by atoms with E-state index >= 15 is 0 Å². The van der Waals surface area contributed by atoms with Gasteiger partial charge in [0.15, 0.2) is 5.58 Å². The van der Waals surface area contributed by atoms with Crippen LogP contribution in [-0.2, 0) is 11.3 Å². The van der Waals surface area contributed by atoms with Gasteiger partial charge in [-0.2, -0.15) is 0 Å². The summed E-state index contributed by atoms with van der Waals surface area (Å²) in [5, 5.41) is 0. The molecule has 158 valence electrons. The summed E-state index contributed by atoms with van der Waals surface area (Å²) >= 11 is 0. The Bertz CT molecular complexity index is 1090. The van der Waals surface area contributed by atoms with Crippen molar-refractivity contribution in [1.82, 2.24) is 9.47 Å². The van der Waals surface area contributed by atoms with Crippen LogP contribution >= 0.6 is 0 Å². The van der Waals surface area contributed by atoms with Gasteiger partial charge in [0, 0.05) is 26.6 Å². The van der Waals surface area contributed by atoms with E-state index in [-0.39, 0.29) is 17.8 Å². The molecule has 2 aromatic carbocycles. The minimum absolute atomic E-state index is 0.0429. The number of benzene rings is 2. The fourth-order valence-electron chi connectivity index (χ4n) is 3.99. The first kappa shape index (κ1) is 20.1. The van der Waals surface area contributed by atoms with Crippen molar-refractivity contribution < 1.29 is 13.9 Å². The van der Waals surface area contributed by atoms with Gasteiger partial charge in [-0.15, -0.1) is 0 Å². The summed E-state index contributed by atoms with van der Waals surface area (Å²) in [7, 11) is 1.81. The summed E-state index contributed by atoms with van der Waals surface area (Å²) < 4.78 is 12.9. The molecule has 1 amide bonds. The molecule has 1 aliphatic heterocycles. The molecular weight excluding hydrogens is 382 g/mol. The fourth-order valence-corrected chi connectivity index (χ4v) is 3.99. The largest absolute Gasteiger partial charge is 0.485 e. The fraction of sp³-hybridized carbons (Fsp3) is 0.391. The van der Waals surface area contributed by atoms with Crippen LogP contribution in [-0.4, -0.2) is 48.2 Å². The molecule has 1 aromatic heterocycles. The van der Waals surface area contributed by atoms with Crippen molar-refractivity contribution in [2.75, 3.05) is 31.6 Å². The Balaban J connectivity index is 1.32. The molecule has 1 atom stereocenters. The van der Waals surface area contributed by atoms with E-state index < -0.39 is 0 Å².